The Morgan fingerprint density at radius 1 is 1.45 bits per heavy atom. The van der Waals surface area contributed by atoms with Crippen LogP contribution in [0.3, 0.4) is 0 Å². The first kappa shape index (κ1) is 6.73. The molecule has 1 aliphatic rings. The summed E-state index contributed by atoms with van der Waals surface area (Å²) in [6.45, 7) is 2.85. The number of fused-ring (bicyclic) bond motifs is 1. The minimum absolute atomic E-state index is 0.189. The quantitative estimate of drug-likeness (QED) is 0.555. The summed E-state index contributed by atoms with van der Waals surface area (Å²) >= 11 is 0. The van der Waals surface area contributed by atoms with Gasteiger partial charge in [-0.2, -0.15) is 10.2 Å². The minimum Gasteiger partial charge on any atom is -0.373 e. The van der Waals surface area contributed by atoms with Gasteiger partial charge in [0.15, 0.2) is 0 Å². The molecule has 1 aromatic heterocycles. The molecule has 1 aliphatic heterocycles. The molecule has 0 fully saturated rings. The van der Waals surface area contributed by atoms with Crippen LogP contribution in [-0.4, -0.2) is 16.8 Å². The first-order valence-electron chi connectivity index (χ1n) is 3.79. The lowest BCUT2D eigenvalue weighted by Gasteiger charge is -2.21. The molecule has 0 amide bonds. The van der Waals surface area contributed by atoms with Gasteiger partial charge in [-0.25, -0.2) is 0 Å². The summed E-state index contributed by atoms with van der Waals surface area (Å²) in [6, 6.07) is 0. The topological polar surface area (TPSA) is 35.0 Å². The van der Waals surface area contributed by atoms with E-state index in [9.17, 15) is 0 Å². The number of aromatic nitrogens is 2. The highest BCUT2D eigenvalue weighted by Crippen LogP contribution is 2.24. The zero-order valence-corrected chi connectivity index (χ0v) is 6.45. The fourth-order valence-electron chi connectivity index (χ4n) is 1.37. The van der Waals surface area contributed by atoms with E-state index in [1.807, 2.05) is 13.1 Å². The average Bonchev–Trinajstić information content (AvgIpc) is 2.06. The third kappa shape index (κ3) is 1.12. The molecule has 1 atom stereocenters. The van der Waals surface area contributed by atoms with E-state index >= 15 is 0 Å². The van der Waals surface area contributed by atoms with Gasteiger partial charge in [0.1, 0.15) is 0 Å². The predicted octanol–water partition coefficient (Wildman–Crippen LogP) is 1.11. The second-order valence-corrected chi connectivity index (χ2v) is 2.73. The second kappa shape index (κ2) is 2.58. The van der Waals surface area contributed by atoms with Crippen LogP contribution >= 0.6 is 0 Å². The molecule has 2 rings (SSSR count). The molecule has 11 heavy (non-hydrogen) atoms. The average molecular weight is 150 g/mol. The highest BCUT2D eigenvalue weighted by atomic mass is 16.5. The molecule has 0 radical (unpaired) electrons. The molecule has 1 unspecified atom stereocenters. The maximum absolute atomic E-state index is 5.44. The molecular weight excluding hydrogens is 140 g/mol. The van der Waals surface area contributed by atoms with Crippen LogP contribution in [0.25, 0.3) is 0 Å². The Bertz CT molecular complexity index is 262. The fraction of sp³-hybridized carbons (Fsp3) is 0.500. The van der Waals surface area contributed by atoms with Gasteiger partial charge in [0.2, 0.25) is 0 Å². The Morgan fingerprint density at radius 2 is 2.27 bits per heavy atom. The molecule has 0 aliphatic carbocycles. The van der Waals surface area contributed by atoms with Crippen LogP contribution in [-0.2, 0) is 11.2 Å². The van der Waals surface area contributed by atoms with Gasteiger partial charge in [0.25, 0.3) is 0 Å². The molecule has 0 bridgehead atoms. The van der Waals surface area contributed by atoms with Crippen LogP contribution in [0.4, 0.5) is 0 Å². The van der Waals surface area contributed by atoms with Crippen LogP contribution in [0, 0.1) is 0 Å². The smallest absolute Gasteiger partial charge is 0.0815 e. The first-order chi connectivity index (χ1) is 5.38. The van der Waals surface area contributed by atoms with Gasteiger partial charge in [-0.15, -0.1) is 0 Å². The Hall–Kier alpha value is -0.960. The van der Waals surface area contributed by atoms with Crippen LogP contribution in [0.2, 0.25) is 0 Å². The van der Waals surface area contributed by atoms with E-state index < -0.39 is 0 Å². The number of hydrogen-bond donors (Lipinski definition) is 0. The molecule has 0 aromatic carbocycles. The molecule has 0 saturated heterocycles. The third-order valence-electron chi connectivity index (χ3n) is 2.03. The van der Waals surface area contributed by atoms with E-state index in [0.717, 1.165) is 13.0 Å². The van der Waals surface area contributed by atoms with Gasteiger partial charge in [-0.05, 0) is 18.9 Å². The van der Waals surface area contributed by atoms with Gasteiger partial charge in [-0.3, -0.25) is 0 Å². The zero-order chi connectivity index (χ0) is 7.68. The first-order valence-corrected chi connectivity index (χ1v) is 3.79. The van der Waals surface area contributed by atoms with E-state index in [0.29, 0.717) is 0 Å². The largest absolute Gasteiger partial charge is 0.373 e. The summed E-state index contributed by atoms with van der Waals surface area (Å²) in [5.41, 5.74) is 2.46. The summed E-state index contributed by atoms with van der Waals surface area (Å²) in [7, 11) is 0. The van der Waals surface area contributed by atoms with Crippen molar-refractivity contribution >= 4 is 0 Å². The van der Waals surface area contributed by atoms with Crippen molar-refractivity contribution in [2.75, 3.05) is 6.61 Å². The molecule has 1 aromatic rings. The van der Waals surface area contributed by atoms with Crippen molar-refractivity contribution in [3.63, 3.8) is 0 Å². The minimum atomic E-state index is 0.189. The Labute approximate surface area is 65.4 Å². The van der Waals surface area contributed by atoms with E-state index in [1.165, 1.54) is 11.1 Å². The van der Waals surface area contributed by atoms with Gasteiger partial charge in [-0.1, -0.05) is 0 Å². The van der Waals surface area contributed by atoms with Crippen molar-refractivity contribution < 1.29 is 4.74 Å². The summed E-state index contributed by atoms with van der Waals surface area (Å²) < 4.78 is 5.44. The molecule has 2 heterocycles. The van der Waals surface area contributed by atoms with Gasteiger partial charge in [0, 0.05) is 5.56 Å². The number of nitrogens with zero attached hydrogens (tertiary/aromatic N) is 2. The summed E-state index contributed by atoms with van der Waals surface area (Å²) in [5.74, 6) is 0. The number of rotatable bonds is 0. The number of ether oxygens (including phenoxy) is 1. The predicted molar refractivity (Wildman–Crippen MR) is 40.1 cm³/mol. The maximum Gasteiger partial charge on any atom is 0.0815 e. The van der Waals surface area contributed by atoms with E-state index in [-0.39, 0.29) is 6.10 Å². The second-order valence-electron chi connectivity index (χ2n) is 2.73. The molecule has 0 N–H and O–H groups in total. The van der Waals surface area contributed by atoms with Gasteiger partial charge in [0.05, 0.1) is 25.1 Å². The molecular formula is C8H10N2O. The molecule has 3 nitrogen and oxygen atoms in total. The lowest BCUT2D eigenvalue weighted by molar-refractivity contribution is 0.0549. The maximum atomic E-state index is 5.44. The van der Waals surface area contributed by atoms with Gasteiger partial charge < -0.3 is 4.74 Å². The summed E-state index contributed by atoms with van der Waals surface area (Å²) in [5, 5.41) is 7.65. The van der Waals surface area contributed by atoms with E-state index in [2.05, 4.69) is 10.2 Å². The normalized spacial score (nSPS) is 22.8. The SMILES string of the molecule is CC1OCCc2cnncc21. The van der Waals surface area contributed by atoms with E-state index in [1.54, 1.807) is 6.20 Å². The van der Waals surface area contributed by atoms with Crippen LogP contribution in [0.1, 0.15) is 24.2 Å². The standard InChI is InChI=1S/C8H10N2O/c1-6-8-5-10-9-4-7(8)2-3-11-6/h4-6H,2-3H2,1H3. The van der Waals surface area contributed by atoms with Crippen LogP contribution in [0.15, 0.2) is 12.4 Å². The van der Waals surface area contributed by atoms with Gasteiger partial charge >= 0.3 is 0 Å². The molecule has 0 saturated carbocycles. The molecule has 0 spiro atoms. The van der Waals surface area contributed by atoms with Crippen LogP contribution in [0.5, 0.6) is 0 Å². The zero-order valence-electron chi connectivity index (χ0n) is 6.45. The van der Waals surface area contributed by atoms with Crippen molar-refractivity contribution in [1.82, 2.24) is 10.2 Å². The third-order valence-corrected chi connectivity index (χ3v) is 2.03. The lowest BCUT2D eigenvalue weighted by atomic mass is 10.0. The highest BCUT2D eigenvalue weighted by molar-refractivity contribution is 5.24. The Kier molecular flexibility index (Phi) is 1.58. The summed E-state index contributed by atoms with van der Waals surface area (Å²) in [6.07, 6.45) is 4.78. The summed E-state index contributed by atoms with van der Waals surface area (Å²) in [4.78, 5) is 0. The molecule has 3 heteroatoms. The number of hydrogen-bond acceptors (Lipinski definition) is 3. The Morgan fingerprint density at radius 3 is 3.09 bits per heavy atom. The van der Waals surface area contributed by atoms with E-state index in [4.69, 9.17) is 4.74 Å². The fourth-order valence-corrected chi connectivity index (χ4v) is 1.37. The molecule has 58 valence electrons. The van der Waals surface area contributed by atoms with Crippen molar-refractivity contribution in [2.24, 2.45) is 0 Å². The highest BCUT2D eigenvalue weighted by Gasteiger charge is 2.16. The van der Waals surface area contributed by atoms with Crippen molar-refractivity contribution in [2.45, 2.75) is 19.4 Å². The van der Waals surface area contributed by atoms with Crippen molar-refractivity contribution in [3.05, 3.63) is 23.5 Å². The Balaban J connectivity index is 2.44. The van der Waals surface area contributed by atoms with Crippen LogP contribution < -0.4 is 0 Å². The lowest BCUT2D eigenvalue weighted by Crippen LogP contribution is -2.14. The monoisotopic (exact) mass is 150 g/mol. The van der Waals surface area contributed by atoms with Crippen molar-refractivity contribution in [3.8, 4) is 0 Å². The van der Waals surface area contributed by atoms with Crippen molar-refractivity contribution in [1.29, 1.82) is 0 Å².